The fourth-order valence-corrected chi connectivity index (χ4v) is 5.30. The van der Waals surface area contributed by atoms with Gasteiger partial charge in [0.05, 0.1) is 23.2 Å². The number of alkyl halides is 6. The van der Waals surface area contributed by atoms with Crippen molar-refractivity contribution < 1.29 is 45.8 Å². The van der Waals surface area contributed by atoms with Crippen molar-refractivity contribution in [3.63, 3.8) is 0 Å². The molecular weight excluding hydrogens is 592 g/mol. The van der Waals surface area contributed by atoms with Crippen LogP contribution in [-0.4, -0.2) is 36.2 Å². The summed E-state index contributed by atoms with van der Waals surface area (Å²) in [7, 11) is 0. The van der Waals surface area contributed by atoms with E-state index in [2.05, 4.69) is 15.4 Å². The average Bonchev–Trinajstić information content (AvgIpc) is 3.44. The molecule has 1 aliphatic rings. The molecular formula is C31H31F6N3O4. The number of amides is 2. The summed E-state index contributed by atoms with van der Waals surface area (Å²) in [6, 6.07) is 15.4. The number of hydrogen-bond acceptors (Lipinski definition) is 4. The summed E-state index contributed by atoms with van der Waals surface area (Å²) in [6.45, 7) is 1.15. The van der Waals surface area contributed by atoms with Crippen LogP contribution in [0.4, 0.5) is 48.2 Å². The fraction of sp³-hybridized carbons (Fsp3) is 0.355. The first kappa shape index (κ1) is 32.5. The molecule has 0 heterocycles. The first-order chi connectivity index (χ1) is 20.6. The van der Waals surface area contributed by atoms with Gasteiger partial charge in [-0.1, -0.05) is 48.7 Å². The Kier molecular flexibility index (Phi) is 9.65. The molecule has 0 saturated heterocycles. The average molecular weight is 624 g/mol. The van der Waals surface area contributed by atoms with Gasteiger partial charge < -0.3 is 25.4 Å². The number of halogens is 6. The van der Waals surface area contributed by atoms with Crippen molar-refractivity contribution in [1.29, 1.82) is 0 Å². The van der Waals surface area contributed by atoms with Gasteiger partial charge in [-0.2, -0.15) is 13.2 Å². The second kappa shape index (κ2) is 13.1. The highest BCUT2D eigenvalue weighted by molar-refractivity contribution is 6.02. The van der Waals surface area contributed by atoms with Crippen molar-refractivity contribution in [2.24, 2.45) is 0 Å². The number of carbonyl (C=O) groups is 2. The van der Waals surface area contributed by atoms with E-state index >= 15 is 0 Å². The summed E-state index contributed by atoms with van der Waals surface area (Å²) < 4.78 is 81.8. The third-order valence-corrected chi connectivity index (χ3v) is 7.51. The molecule has 3 aromatic rings. The van der Waals surface area contributed by atoms with Crippen LogP contribution in [0.25, 0.3) is 0 Å². The third kappa shape index (κ3) is 8.57. The Labute approximate surface area is 249 Å². The van der Waals surface area contributed by atoms with Crippen LogP contribution in [0, 0.1) is 6.92 Å². The van der Waals surface area contributed by atoms with E-state index in [1.54, 1.807) is 30.3 Å². The smallest absolute Gasteiger partial charge is 0.481 e. The maximum atomic E-state index is 13.4. The van der Waals surface area contributed by atoms with Crippen LogP contribution < -0.4 is 20.3 Å². The molecule has 3 N–H and O–H groups in total. The Balaban J connectivity index is 1.71. The molecule has 0 radical (unpaired) electrons. The van der Waals surface area contributed by atoms with E-state index in [0.717, 1.165) is 17.7 Å². The van der Waals surface area contributed by atoms with Crippen LogP contribution in [0.3, 0.4) is 0 Å². The maximum absolute atomic E-state index is 13.4. The number of ether oxygens (including phenoxy) is 1. The molecule has 0 atom stereocenters. The topological polar surface area (TPSA) is 90.9 Å². The van der Waals surface area contributed by atoms with Gasteiger partial charge >= 0.3 is 24.5 Å². The molecule has 7 nitrogen and oxygen atoms in total. The van der Waals surface area contributed by atoms with Crippen molar-refractivity contribution in [2.75, 3.05) is 22.1 Å². The lowest BCUT2D eigenvalue weighted by atomic mass is 9.78. The Bertz CT molecular complexity index is 1450. The standard InChI is InChI=1S/C31H31F6N3O4/c1-20-4-9-23(10-5-20)38-28(43)39-25-18-22(29(27(41)42)14-2-3-15-29)8-13-26(25)40(17-16-30(32,33)34)19-21-6-11-24(12-7-21)44-31(35,36)37/h4-13,18H,2-3,14-17,19H2,1H3,(H,41,42)(H2,38,39,43). The number of carbonyl (C=O) groups excluding carboxylic acids is 1. The maximum Gasteiger partial charge on any atom is 0.573 e. The molecule has 0 unspecified atom stereocenters. The van der Waals surface area contributed by atoms with Gasteiger partial charge in [-0.3, -0.25) is 4.79 Å². The molecule has 236 valence electrons. The van der Waals surface area contributed by atoms with E-state index < -0.39 is 48.7 Å². The molecule has 0 spiro atoms. The molecule has 1 fully saturated rings. The predicted octanol–water partition coefficient (Wildman–Crippen LogP) is 8.39. The number of rotatable bonds is 10. The summed E-state index contributed by atoms with van der Waals surface area (Å²) in [6.07, 6.45) is -8.59. The highest BCUT2D eigenvalue weighted by atomic mass is 19.4. The molecule has 0 bridgehead atoms. The van der Waals surface area contributed by atoms with Crippen LogP contribution in [0.2, 0.25) is 0 Å². The number of nitrogens with one attached hydrogen (secondary N) is 2. The van der Waals surface area contributed by atoms with Crippen molar-refractivity contribution in [1.82, 2.24) is 0 Å². The van der Waals surface area contributed by atoms with E-state index in [9.17, 15) is 41.0 Å². The van der Waals surface area contributed by atoms with Crippen LogP contribution >= 0.6 is 0 Å². The van der Waals surface area contributed by atoms with Gasteiger partial charge in [0.25, 0.3) is 0 Å². The summed E-state index contributed by atoms with van der Waals surface area (Å²) in [5, 5.41) is 15.5. The minimum Gasteiger partial charge on any atom is -0.481 e. The van der Waals surface area contributed by atoms with Gasteiger partial charge in [0.1, 0.15) is 5.75 Å². The number of carboxylic acids is 1. The Morgan fingerprint density at radius 3 is 2.11 bits per heavy atom. The molecule has 13 heteroatoms. The van der Waals surface area contributed by atoms with Gasteiger partial charge in [0, 0.05) is 18.8 Å². The number of hydrogen-bond donors (Lipinski definition) is 3. The van der Waals surface area contributed by atoms with Crippen LogP contribution in [-0.2, 0) is 16.8 Å². The van der Waals surface area contributed by atoms with Crippen molar-refractivity contribution >= 4 is 29.1 Å². The number of benzene rings is 3. The number of aryl methyl sites for hydroxylation is 1. The molecule has 0 aromatic heterocycles. The van der Waals surface area contributed by atoms with Crippen molar-refractivity contribution in [3.05, 3.63) is 83.4 Å². The minimum absolute atomic E-state index is 0.0823. The molecule has 0 aliphatic heterocycles. The largest absolute Gasteiger partial charge is 0.573 e. The molecule has 4 rings (SSSR count). The number of anilines is 3. The molecule has 1 aliphatic carbocycles. The van der Waals surface area contributed by atoms with Crippen LogP contribution in [0.15, 0.2) is 66.7 Å². The lowest BCUT2D eigenvalue weighted by Crippen LogP contribution is -2.33. The quantitative estimate of drug-likeness (QED) is 0.197. The third-order valence-electron chi connectivity index (χ3n) is 7.51. The SMILES string of the molecule is Cc1ccc(NC(=O)Nc2cc(C3(C(=O)O)CCCC3)ccc2N(CCC(F)(F)F)Cc2ccc(OC(F)(F)F)cc2)cc1. The second-order valence-electron chi connectivity index (χ2n) is 10.7. The Hall–Kier alpha value is -4.42. The summed E-state index contributed by atoms with van der Waals surface area (Å²) in [4.78, 5) is 26.8. The van der Waals surface area contributed by atoms with E-state index in [-0.39, 0.29) is 17.9 Å². The van der Waals surface area contributed by atoms with Crippen molar-refractivity contribution in [2.45, 2.75) is 63.5 Å². The van der Waals surface area contributed by atoms with E-state index in [0.29, 0.717) is 42.5 Å². The molecule has 1 saturated carbocycles. The second-order valence-corrected chi connectivity index (χ2v) is 10.7. The monoisotopic (exact) mass is 623 g/mol. The van der Waals surface area contributed by atoms with E-state index in [1.165, 1.54) is 29.2 Å². The van der Waals surface area contributed by atoms with Crippen molar-refractivity contribution in [3.8, 4) is 5.75 Å². The number of aliphatic carboxylic acids is 1. The van der Waals surface area contributed by atoms with Gasteiger partial charge in [0.15, 0.2) is 0 Å². The van der Waals surface area contributed by atoms with Gasteiger partial charge in [0.2, 0.25) is 0 Å². The van der Waals surface area contributed by atoms with Crippen LogP contribution in [0.5, 0.6) is 5.75 Å². The highest BCUT2D eigenvalue weighted by Crippen LogP contribution is 2.44. The zero-order chi connectivity index (χ0) is 32.1. The predicted molar refractivity (Wildman–Crippen MR) is 153 cm³/mol. The fourth-order valence-electron chi connectivity index (χ4n) is 5.30. The number of carboxylic acid groups (broad SMARTS) is 1. The summed E-state index contributed by atoms with van der Waals surface area (Å²) >= 11 is 0. The van der Waals surface area contributed by atoms with Gasteiger partial charge in [-0.05, 0) is 67.3 Å². The van der Waals surface area contributed by atoms with Crippen LogP contribution in [0.1, 0.15) is 48.8 Å². The molecule has 2 amide bonds. The lowest BCUT2D eigenvalue weighted by Gasteiger charge is -2.30. The minimum atomic E-state index is -4.91. The normalized spacial score (nSPS) is 14.6. The van der Waals surface area contributed by atoms with E-state index in [1.807, 2.05) is 6.92 Å². The first-order valence-corrected chi connectivity index (χ1v) is 13.8. The highest BCUT2D eigenvalue weighted by Gasteiger charge is 2.43. The first-order valence-electron chi connectivity index (χ1n) is 13.8. The summed E-state index contributed by atoms with van der Waals surface area (Å²) in [5.41, 5.74) is 1.23. The lowest BCUT2D eigenvalue weighted by molar-refractivity contribution is -0.274. The zero-order valence-electron chi connectivity index (χ0n) is 23.7. The molecule has 44 heavy (non-hydrogen) atoms. The van der Waals surface area contributed by atoms with E-state index in [4.69, 9.17) is 0 Å². The number of nitrogens with zero attached hydrogens (tertiary/aromatic N) is 1. The Morgan fingerprint density at radius 1 is 0.909 bits per heavy atom. The number of urea groups is 1. The zero-order valence-corrected chi connectivity index (χ0v) is 23.7. The van der Waals surface area contributed by atoms with Gasteiger partial charge in [-0.25, -0.2) is 4.79 Å². The molecule has 3 aromatic carbocycles. The summed E-state index contributed by atoms with van der Waals surface area (Å²) in [5.74, 6) is -1.52. The Morgan fingerprint density at radius 2 is 1.55 bits per heavy atom. The van der Waals surface area contributed by atoms with Gasteiger partial charge in [-0.15, -0.1) is 13.2 Å².